The van der Waals surface area contributed by atoms with Crippen molar-refractivity contribution in [2.75, 3.05) is 19.6 Å². The van der Waals surface area contributed by atoms with Gasteiger partial charge < -0.3 is 15.2 Å². The topological polar surface area (TPSA) is 80.0 Å². The molecule has 0 spiro atoms. The minimum atomic E-state index is -0.0782. The zero-order chi connectivity index (χ0) is 15.5. The van der Waals surface area contributed by atoms with Crippen LogP contribution >= 0.6 is 0 Å². The molecule has 2 aromatic heterocycles. The van der Waals surface area contributed by atoms with Gasteiger partial charge in [0.25, 0.3) is 11.6 Å². The molecule has 1 saturated heterocycles. The van der Waals surface area contributed by atoms with Crippen LogP contribution < -0.4 is 10.6 Å². The molecular weight excluding hydrogens is 280 g/mol. The summed E-state index contributed by atoms with van der Waals surface area (Å²) in [5.74, 6) is 0.580. The number of aryl methyl sites for hydroxylation is 2. The van der Waals surface area contributed by atoms with Crippen LogP contribution in [0.3, 0.4) is 0 Å². The predicted octanol–water partition coefficient (Wildman–Crippen LogP) is 1.96. The first-order chi connectivity index (χ1) is 10.6. The van der Waals surface area contributed by atoms with Crippen LogP contribution in [0.5, 0.6) is 0 Å². The van der Waals surface area contributed by atoms with Crippen molar-refractivity contribution < 1.29 is 9.32 Å². The number of carbonyl (C=O) groups is 1. The number of hydrogen-bond acceptors (Lipinski definition) is 5. The van der Waals surface area contributed by atoms with E-state index in [1.165, 1.54) is 12.8 Å². The van der Waals surface area contributed by atoms with Crippen molar-refractivity contribution in [1.29, 1.82) is 0 Å². The van der Waals surface area contributed by atoms with Gasteiger partial charge in [0, 0.05) is 12.2 Å². The molecule has 1 unspecified atom stereocenters. The molecule has 1 atom stereocenters. The first-order valence-corrected chi connectivity index (χ1v) is 7.87. The number of nitrogens with one attached hydrogen (secondary N) is 2. The predicted molar refractivity (Wildman–Crippen MR) is 83.8 cm³/mol. The van der Waals surface area contributed by atoms with Crippen LogP contribution in [-0.4, -0.2) is 35.7 Å². The highest BCUT2D eigenvalue weighted by molar-refractivity contribution is 6.05. The summed E-state index contributed by atoms with van der Waals surface area (Å²) in [7, 11) is 0. The maximum atomic E-state index is 12.5. The number of amides is 1. The van der Waals surface area contributed by atoms with Gasteiger partial charge in [0.05, 0.1) is 16.6 Å². The van der Waals surface area contributed by atoms with E-state index in [1.807, 2.05) is 13.8 Å². The molecular formula is C16H22N4O2. The third kappa shape index (κ3) is 3.11. The third-order valence-corrected chi connectivity index (χ3v) is 4.23. The van der Waals surface area contributed by atoms with Crippen molar-refractivity contribution in [3.63, 3.8) is 0 Å². The molecule has 1 amide bonds. The first-order valence-electron chi connectivity index (χ1n) is 7.87. The number of carbonyl (C=O) groups excluding carboxylic acids is 1. The number of fused-ring (bicyclic) bond motifs is 1. The smallest absolute Gasteiger partial charge is 0.258 e. The van der Waals surface area contributed by atoms with Crippen LogP contribution in [0.4, 0.5) is 0 Å². The number of aromatic nitrogens is 2. The molecule has 0 radical (unpaired) electrons. The summed E-state index contributed by atoms with van der Waals surface area (Å²) in [6.45, 7) is 6.54. The van der Waals surface area contributed by atoms with Gasteiger partial charge in [-0.25, -0.2) is 4.98 Å². The fraction of sp³-hybridized carbons (Fsp3) is 0.562. The summed E-state index contributed by atoms with van der Waals surface area (Å²) < 4.78 is 5.17. The van der Waals surface area contributed by atoms with E-state index in [0.717, 1.165) is 25.2 Å². The van der Waals surface area contributed by atoms with E-state index < -0.39 is 0 Å². The van der Waals surface area contributed by atoms with E-state index in [1.54, 1.807) is 6.07 Å². The average molecular weight is 302 g/mol. The van der Waals surface area contributed by atoms with Gasteiger partial charge in [-0.2, -0.15) is 0 Å². The highest BCUT2D eigenvalue weighted by Crippen LogP contribution is 2.22. The number of pyridine rings is 1. The van der Waals surface area contributed by atoms with Crippen LogP contribution in [0.2, 0.25) is 0 Å². The maximum absolute atomic E-state index is 12.5. The van der Waals surface area contributed by atoms with E-state index in [0.29, 0.717) is 34.8 Å². The number of hydrogen-bond donors (Lipinski definition) is 2. The summed E-state index contributed by atoms with van der Waals surface area (Å²) >= 11 is 0. The van der Waals surface area contributed by atoms with Crippen molar-refractivity contribution in [2.24, 2.45) is 5.92 Å². The van der Waals surface area contributed by atoms with E-state index in [-0.39, 0.29) is 5.91 Å². The van der Waals surface area contributed by atoms with Gasteiger partial charge in [-0.1, -0.05) is 5.16 Å². The standard InChI is InChI=1S/C16H22N4O2/c1-10-8-13(14-11(2)20-22-16(14)19-10)15(21)18-7-5-12-4-3-6-17-9-12/h8,12,17H,3-7,9H2,1-2H3,(H,18,21). The van der Waals surface area contributed by atoms with E-state index in [4.69, 9.17) is 4.52 Å². The second kappa shape index (κ2) is 6.44. The highest BCUT2D eigenvalue weighted by atomic mass is 16.5. The SMILES string of the molecule is Cc1cc(C(=O)NCCC2CCCNC2)c2c(C)noc2n1. The lowest BCUT2D eigenvalue weighted by atomic mass is 9.96. The summed E-state index contributed by atoms with van der Waals surface area (Å²) in [6.07, 6.45) is 3.48. The molecule has 2 N–H and O–H groups in total. The molecule has 0 aromatic carbocycles. The van der Waals surface area contributed by atoms with Gasteiger partial charge in [0.2, 0.25) is 0 Å². The van der Waals surface area contributed by atoms with Crippen LogP contribution in [0.25, 0.3) is 11.1 Å². The van der Waals surface area contributed by atoms with Gasteiger partial charge in [0.1, 0.15) is 0 Å². The lowest BCUT2D eigenvalue weighted by molar-refractivity contribution is 0.0952. The zero-order valence-electron chi connectivity index (χ0n) is 13.1. The Labute approximate surface area is 129 Å². The van der Waals surface area contributed by atoms with Crippen LogP contribution in [0.1, 0.15) is 41.0 Å². The maximum Gasteiger partial charge on any atom is 0.258 e. The zero-order valence-corrected chi connectivity index (χ0v) is 13.1. The Balaban J connectivity index is 1.68. The molecule has 3 heterocycles. The fourth-order valence-electron chi connectivity index (χ4n) is 3.05. The van der Waals surface area contributed by atoms with Gasteiger partial charge in [-0.15, -0.1) is 0 Å². The molecule has 2 aromatic rings. The molecule has 0 bridgehead atoms. The molecule has 1 aliphatic rings. The normalized spacial score (nSPS) is 18.5. The molecule has 6 nitrogen and oxygen atoms in total. The fourth-order valence-corrected chi connectivity index (χ4v) is 3.05. The summed E-state index contributed by atoms with van der Waals surface area (Å²) in [6, 6.07) is 1.80. The van der Waals surface area contributed by atoms with Gasteiger partial charge >= 0.3 is 0 Å². The highest BCUT2D eigenvalue weighted by Gasteiger charge is 2.18. The average Bonchev–Trinajstić information content (AvgIpc) is 2.88. The van der Waals surface area contributed by atoms with E-state index >= 15 is 0 Å². The second-order valence-electron chi connectivity index (χ2n) is 6.02. The van der Waals surface area contributed by atoms with Gasteiger partial charge in [-0.05, 0) is 58.2 Å². The molecule has 1 fully saturated rings. The Hall–Kier alpha value is -1.95. The minimum absolute atomic E-state index is 0.0782. The van der Waals surface area contributed by atoms with Crippen LogP contribution in [0, 0.1) is 19.8 Å². The Morgan fingerprint density at radius 2 is 2.36 bits per heavy atom. The van der Waals surface area contributed by atoms with Crippen LogP contribution in [-0.2, 0) is 0 Å². The molecule has 3 rings (SSSR count). The summed E-state index contributed by atoms with van der Waals surface area (Å²) in [4.78, 5) is 16.8. The number of piperidine rings is 1. The lowest BCUT2D eigenvalue weighted by Crippen LogP contribution is -2.33. The second-order valence-corrected chi connectivity index (χ2v) is 6.02. The van der Waals surface area contributed by atoms with Crippen molar-refractivity contribution >= 4 is 17.0 Å². The van der Waals surface area contributed by atoms with Crippen molar-refractivity contribution in [3.8, 4) is 0 Å². The quantitative estimate of drug-likeness (QED) is 0.902. The Morgan fingerprint density at radius 3 is 3.14 bits per heavy atom. The lowest BCUT2D eigenvalue weighted by Gasteiger charge is -2.22. The summed E-state index contributed by atoms with van der Waals surface area (Å²) in [5, 5.41) is 11.0. The monoisotopic (exact) mass is 302 g/mol. The van der Waals surface area contributed by atoms with Crippen molar-refractivity contribution in [3.05, 3.63) is 23.0 Å². The number of nitrogens with zero attached hydrogens (tertiary/aromatic N) is 2. The molecule has 1 aliphatic heterocycles. The number of rotatable bonds is 4. The first kappa shape index (κ1) is 15.0. The van der Waals surface area contributed by atoms with Crippen molar-refractivity contribution in [1.82, 2.24) is 20.8 Å². The Morgan fingerprint density at radius 1 is 1.50 bits per heavy atom. The summed E-state index contributed by atoms with van der Waals surface area (Å²) in [5.41, 5.74) is 2.48. The molecule has 118 valence electrons. The minimum Gasteiger partial charge on any atom is -0.352 e. The van der Waals surface area contributed by atoms with E-state index in [2.05, 4.69) is 20.8 Å². The van der Waals surface area contributed by atoms with Gasteiger partial charge in [-0.3, -0.25) is 4.79 Å². The van der Waals surface area contributed by atoms with Crippen molar-refractivity contribution in [2.45, 2.75) is 33.1 Å². The van der Waals surface area contributed by atoms with Crippen LogP contribution in [0.15, 0.2) is 10.6 Å². The Kier molecular flexibility index (Phi) is 4.38. The largest absolute Gasteiger partial charge is 0.352 e. The Bertz CT molecular complexity index is 674. The van der Waals surface area contributed by atoms with E-state index in [9.17, 15) is 4.79 Å². The molecule has 0 saturated carbocycles. The third-order valence-electron chi connectivity index (χ3n) is 4.23. The molecule has 6 heteroatoms. The molecule has 22 heavy (non-hydrogen) atoms. The molecule has 0 aliphatic carbocycles. The van der Waals surface area contributed by atoms with Gasteiger partial charge in [0.15, 0.2) is 0 Å².